The van der Waals surface area contributed by atoms with Gasteiger partial charge < -0.3 is 15.4 Å². The van der Waals surface area contributed by atoms with Crippen LogP contribution < -0.4 is 15.4 Å². The summed E-state index contributed by atoms with van der Waals surface area (Å²) in [5.41, 5.74) is 3.12. The van der Waals surface area contributed by atoms with Gasteiger partial charge in [-0.3, -0.25) is 4.79 Å². The van der Waals surface area contributed by atoms with Crippen molar-refractivity contribution in [1.82, 2.24) is 10.3 Å². The number of hydrogen-bond donors (Lipinski definition) is 2. The zero-order valence-electron chi connectivity index (χ0n) is 13.9. The summed E-state index contributed by atoms with van der Waals surface area (Å²) in [5.74, 6) is 0.576. The predicted octanol–water partition coefficient (Wildman–Crippen LogP) is 3.76. The summed E-state index contributed by atoms with van der Waals surface area (Å²) in [4.78, 5) is 16.4. The minimum atomic E-state index is -0.197. The Labute approximate surface area is 146 Å². The Morgan fingerprint density at radius 3 is 2.56 bits per heavy atom. The lowest BCUT2D eigenvalue weighted by molar-refractivity contribution is 0.0946. The maximum atomic E-state index is 12.2. The van der Waals surface area contributed by atoms with E-state index in [2.05, 4.69) is 15.6 Å². The van der Waals surface area contributed by atoms with E-state index < -0.39 is 0 Å². The number of hydrogen-bond acceptors (Lipinski definition) is 4. The van der Waals surface area contributed by atoms with Crippen LogP contribution in [0.2, 0.25) is 0 Å². The Morgan fingerprint density at radius 1 is 1.00 bits per heavy atom. The van der Waals surface area contributed by atoms with Crippen molar-refractivity contribution in [2.75, 3.05) is 12.4 Å². The van der Waals surface area contributed by atoms with Crippen LogP contribution in [-0.4, -0.2) is 18.0 Å². The van der Waals surface area contributed by atoms with E-state index in [-0.39, 0.29) is 5.91 Å². The predicted molar refractivity (Wildman–Crippen MR) is 98.1 cm³/mol. The van der Waals surface area contributed by atoms with Crippen molar-refractivity contribution in [1.29, 1.82) is 0 Å². The van der Waals surface area contributed by atoms with Gasteiger partial charge in [0.25, 0.3) is 5.91 Å². The van der Waals surface area contributed by atoms with E-state index in [1.54, 1.807) is 19.4 Å². The molecular weight excluding hydrogens is 314 g/mol. The number of nitrogens with zero attached hydrogens (tertiary/aromatic N) is 1. The van der Waals surface area contributed by atoms with Gasteiger partial charge in [0, 0.05) is 18.3 Å². The highest BCUT2D eigenvalue weighted by molar-refractivity contribution is 5.92. The first-order valence-corrected chi connectivity index (χ1v) is 7.94. The molecule has 2 aromatic carbocycles. The third-order valence-electron chi connectivity index (χ3n) is 3.65. The third-order valence-corrected chi connectivity index (χ3v) is 3.65. The molecule has 1 heterocycles. The first kappa shape index (κ1) is 16.5. The van der Waals surface area contributed by atoms with E-state index in [0.29, 0.717) is 12.2 Å². The Bertz CT molecular complexity index is 833. The van der Waals surface area contributed by atoms with Crippen LogP contribution in [0.25, 0.3) is 0 Å². The van der Waals surface area contributed by atoms with Gasteiger partial charge in [0.05, 0.1) is 19.0 Å². The fourth-order valence-corrected chi connectivity index (χ4v) is 2.34. The fraction of sp³-hybridized carbons (Fsp3) is 0.100. The molecule has 2 N–H and O–H groups in total. The van der Waals surface area contributed by atoms with Gasteiger partial charge in [-0.05, 0) is 29.8 Å². The van der Waals surface area contributed by atoms with Gasteiger partial charge in [-0.25, -0.2) is 4.98 Å². The van der Waals surface area contributed by atoms with E-state index >= 15 is 0 Å². The zero-order chi connectivity index (χ0) is 17.5. The maximum Gasteiger partial charge on any atom is 0.270 e. The SMILES string of the molecule is COc1cccc(Nc2ccc(C(=O)NCc3ccccc3)nc2)c1. The monoisotopic (exact) mass is 333 g/mol. The number of methoxy groups -OCH3 is 1. The lowest BCUT2D eigenvalue weighted by atomic mass is 10.2. The highest BCUT2D eigenvalue weighted by Gasteiger charge is 2.07. The molecule has 0 spiro atoms. The van der Waals surface area contributed by atoms with E-state index in [1.807, 2.05) is 60.7 Å². The Hall–Kier alpha value is -3.34. The van der Waals surface area contributed by atoms with Crippen molar-refractivity contribution in [3.63, 3.8) is 0 Å². The van der Waals surface area contributed by atoms with Crippen molar-refractivity contribution in [2.24, 2.45) is 0 Å². The summed E-state index contributed by atoms with van der Waals surface area (Å²) in [7, 11) is 1.63. The molecule has 0 radical (unpaired) electrons. The van der Waals surface area contributed by atoms with E-state index in [4.69, 9.17) is 4.74 Å². The summed E-state index contributed by atoms with van der Waals surface area (Å²) < 4.78 is 5.20. The molecule has 0 aliphatic heterocycles. The number of benzene rings is 2. The van der Waals surface area contributed by atoms with Crippen LogP contribution >= 0.6 is 0 Å². The number of carbonyl (C=O) groups is 1. The molecule has 5 nitrogen and oxygen atoms in total. The lowest BCUT2D eigenvalue weighted by Gasteiger charge is -2.09. The topological polar surface area (TPSA) is 63.2 Å². The molecule has 0 aliphatic rings. The lowest BCUT2D eigenvalue weighted by Crippen LogP contribution is -2.23. The number of pyridine rings is 1. The van der Waals surface area contributed by atoms with Crippen molar-refractivity contribution in [2.45, 2.75) is 6.54 Å². The van der Waals surface area contributed by atoms with Crippen LogP contribution in [0.4, 0.5) is 11.4 Å². The third kappa shape index (κ3) is 4.57. The molecule has 0 atom stereocenters. The number of rotatable bonds is 6. The summed E-state index contributed by atoms with van der Waals surface area (Å²) in [6, 6.07) is 20.9. The molecule has 25 heavy (non-hydrogen) atoms. The second-order valence-electron chi connectivity index (χ2n) is 5.46. The van der Waals surface area contributed by atoms with Gasteiger partial charge in [-0.1, -0.05) is 36.4 Å². The highest BCUT2D eigenvalue weighted by atomic mass is 16.5. The number of anilines is 2. The van der Waals surface area contributed by atoms with E-state index in [1.165, 1.54) is 0 Å². The van der Waals surface area contributed by atoms with Gasteiger partial charge in [0.15, 0.2) is 0 Å². The summed E-state index contributed by atoms with van der Waals surface area (Å²) in [5, 5.41) is 6.09. The average molecular weight is 333 g/mol. The summed E-state index contributed by atoms with van der Waals surface area (Å²) in [6.07, 6.45) is 1.64. The molecule has 0 bridgehead atoms. The normalized spacial score (nSPS) is 10.1. The largest absolute Gasteiger partial charge is 0.497 e. The minimum absolute atomic E-state index is 0.197. The molecule has 0 saturated heterocycles. The second-order valence-corrected chi connectivity index (χ2v) is 5.46. The molecule has 0 saturated carbocycles. The molecule has 1 aromatic heterocycles. The number of aromatic nitrogens is 1. The van der Waals surface area contributed by atoms with Crippen LogP contribution in [0.1, 0.15) is 16.1 Å². The number of carbonyl (C=O) groups excluding carboxylic acids is 1. The molecule has 0 unspecified atom stereocenters. The Morgan fingerprint density at radius 2 is 1.84 bits per heavy atom. The van der Waals surface area contributed by atoms with Crippen molar-refractivity contribution in [3.8, 4) is 5.75 Å². The van der Waals surface area contributed by atoms with Crippen LogP contribution in [-0.2, 0) is 6.54 Å². The Balaban J connectivity index is 1.60. The van der Waals surface area contributed by atoms with Crippen LogP contribution in [0, 0.1) is 0 Å². The number of amides is 1. The molecule has 0 fully saturated rings. The van der Waals surface area contributed by atoms with Crippen LogP contribution in [0.15, 0.2) is 72.9 Å². The van der Waals surface area contributed by atoms with E-state index in [9.17, 15) is 4.79 Å². The first-order chi connectivity index (χ1) is 12.2. The molecule has 3 rings (SSSR count). The molecule has 3 aromatic rings. The maximum absolute atomic E-state index is 12.2. The van der Waals surface area contributed by atoms with Crippen LogP contribution in [0.5, 0.6) is 5.75 Å². The van der Waals surface area contributed by atoms with Gasteiger partial charge in [-0.2, -0.15) is 0 Å². The second kappa shape index (κ2) is 7.97. The molecule has 126 valence electrons. The molecule has 5 heteroatoms. The van der Waals surface area contributed by atoms with Gasteiger partial charge in [-0.15, -0.1) is 0 Å². The Kier molecular flexibility index (Phi) is 5.26. The van der Waals surface area contributed by atoms with Crippen molar-refractivity contribution in [3.05, 3.63) is 84.2 Å². The number of nitrogens with one attached hydrogen (secondary N) is 2. The summed E-state index contributed by atoms with van der Waals surface area (Å²) >= 11 is 0. The van der Waals surface area contributed by atoms with Crippen molar-refractivity contribution < 1.29 is 9.53 Å². The average Bonchev–Trinajstić information content (AvgIpc) is 2.67. The first-order valence-electron chi connectivity index (χ1n) is 7.94. The fourth-order valence-electron chi connectivity index (χ4n) is 2.34. The quantitative estimate of drug-likeness (QED) is 0.721. The van der Waals surface area contributed by atoms with Gasteiger partial charge in [0.2, 0.25) is 0 Å². The van der Waals surface area contributed by atoms with Gasteiger partial charge >= 0.3 is 0 Å². The standard InChI is InChI=1S/C20H19N3O2/c1-25-18-9-5-8-16(12-18)23-17-10-11-19(21-14-17)20(24)22-13-15-6-3-2-4-7-15/h2-12,14,23H,13H2,1H3,(H,22,24). The minimum Gasteiger partial charge on any atom is -0.497 e. The zero-order valence-corrected chi connectivity index (χ0v) is 13.9. The van der Waals surface area contributed by atoms with E-state index in [0.717, 1.165) is 22.7 Å². The van der Waals surface area contributed by atoms with Crippen molar-refractivity contribution >= 4 is 17.3 Å². The molecule has 0 aliphatic carbocycles. The van der Waals surface area contributed by atoms with Crippen LogP contribution in [0.3, 0.4) is 0 Å². The highest BCUT2D eigenvalue weighted by Crippen LogP contribution is 2.20. The molecule has 1 amide bonds. The number of ether oxygens (including phenoxy) is 1. The smallest absolute Gasteiger partial charge is 0.270 e. The molecular formula is C20H19N3O2. The summed E-state index contributed by atoms with van der Waals surface area (Å²) in [6.45, 7) is 0.477. The van der Waals surface area contributed by atoms with Gasteiger partial charge in [0.1, 0.15) is 11.4 Å².